The maximum absolute atomic E-state index is 13.5. The first-order chi connectivity index (χ1) is 16.3. The molecule has 2 aliphatic rings. The van der Waals surface area contributed by atoms with Crippen LogP contribution in [0.15, 0.2) is 59.1 Å². The SMILES string of the molecule is CCOc1cc([C@@H]2C(C#N)=C(N)N(C)C3=C2C(=O)CCC3)cc(Cl)c1OCc1cccc(F)c1. The van der Waals surface area contributed by atoms with Crippen LogP contribution in [-0.2, 0) is 11.4 Å². The van der Waals surface area contributed by atoms with Crippen LogP contribution < -0.4 is 15.2 Å². The molecule has 0 saturated carbocycles. The number of hydrogen-bond acceptors (Lipinski definition) is 6. The number of nitrogens with two attached hydrogens (primary N) is 1. The summed E-state index contributed by atoms with van der Waals surface area (Å²) in [6.07, 6.45) is 1.86. The van der Waals surface area contributed by atoms with Gasteiger partial charge in [0.2, 0.25) is 0 Å². The topological polar surface area (TPSA) is 88.6 Å². The molecule has 1 atom stereocenters. The highest BCUT2D eigenvalue weighted by molar-refractivity contribution is 6.32. The summed E-state index contributed by atoms with van der Waals surface area (Å²) in [5, 5.41) is 10.2. The Morgan fingerprint density at radius 3 is 2.76 bits per heavy atom. The molecule has 4 rings (SSSR count). The van der Waals surface area contributed by atoms with Crippen LogP contribution in [0.4, 0.5) is 4.39 Å². The Labute approximate surface area is 203 Å². The molecule has 0 aromatic heterocycles. The highest BCUT2D eigenvalue weighted by Crippen LogP contribution is 2.47. The van der Waals surface area contributed by atoms with Gasteiger partial charge in [0.15, 0.2) is 17.3 Å². The van der Waals surface area contributed by atoms with Crippen LogP contribution in [0, 0.1) is 17.1 Å². The number of ketones is 1. The van der Waals surface area contributed by atoms with E-state index in [-0.39, 0.29) is 23.2 Å². The Balaban J connectivity index is 1.78. The van der Waals surface area contributed by atoms with Crippen LogP contribution in [0.25, 0.3) is 0 Å². The molecule has 0 bridgehead atoms. The lowest BCUT2D eigenvalue weighted by molar-refractivity contribution is -0.116. The summed E-state index contributed by atoms with van der Waals surface area (Å²) >= 11 is 6.63. The predicted molar refractivity (Wildman–Crippen MR) is 127 cm³/mol. The molecule has 6 nitrogen and oxygen atoms in total. The van der Waals surface area contributed by atoms with Gasteiger partial charge in [-0.1, -0.05) is 23.7 Å². The van der Waals surface area contributed by atoms with E-state index in [0.29, 0.717) is 59.0 Å². The third kappa shape index (κ3) is 4.34. The highest BCUT2D eigenvalue weighted by atomic mass is 35.5. The maximum atomic E-state index is 13.5. The zero-order valence-corrected chi connectivity index (χ0v) is 19.8. The molecule has 2 N–H and O–H groups in total. The van der Waals surface area contributed by atoms with Gasteiger partial charge in [0.05, 0.1) is 29.2 Å². The number of allylic oxidation sites excluding steroid dienone is 3. The minimum atomic E-state index is -0.641. The van der Waals surface area contributed by atoms with E-state index in [4.69, 9.17) is 26.8 Å². The number of carbonyl (C=O) groups is 1. The molecule has 34 heavy (non-hydrogen) atoms. The van der Waals surface area contributed by atoms with E-state index in [1.165, 1.54) is 12.1 Å². The van der Waals surface area contributed by atoms with Gasteiger partial charge in [0, 0.05) is 24.7 Å². The van der Waals surface area contributed by atoms with Crippen molar-refractivity contribution in [1.82, 2.24) is 4.90 Å². The molecule has 1 aliphatic heterocycles. The summed E-state index contributed by atoms with van der Waals surface area (Å²) in [7, 11) is 1.78. The normalized spacial score (nSPS) is 18.0. The lowest BCUT2D eigenvalue weighted by atomic mass is 9.76. The highest BCUT2D eigenvalue weighted by Gasteiger charge is 2.39. The number of nitriles is 1. The minimum absolute atomic E-state index is 0.00105. The summed E-state index contributed by atoms with van der Waals surface area (Å²) in [5.74, 6) is 0.00784. The van der Waals surface area contributed by atoms with Gasteiger partial charge in [-0.25, -0.2) is 4.39 Å². The Morgan fingerprint density at radius 2 is 2.06 bits per heavy atom. The quantitative estimate of drug-likeness (QED) is 0.611. The molecular formula is C26H25ClFN3O3. The molecule has 8 heteroatoms. The maximum Gasteiger partial charge on any atom is 0.180 e. The monoisotopic (exact) mass is 481 g/mol. The van der Waals surface area contributed by atoms with Crippen LogP contribution in [-0.4, -0.2) is 24.3 Å². The lowest BCUT2D eigenvalue weighted by Gasteiger charge is -2.37. The van der Waals surface area contributed by atoms with E-state index < -0.39 is 5.92 Å². The van der Waals surface area contributed by atoms with Crippen LogP contribution in [0.1, 0.15) is 43.2 Å². The van der Waals surface area contributed by atoms with Crippen molar-refractivity contribution < 1.29 is 18.7 Å². The summed E-state index contributed by atoms with van der Waals surface area (Å²) < 4.78 is 25.3. The molecule has 0 spiro atoms. The van der Waals surface area contributed by atoms with E-state index in [2.05, 4.69) is 6.07 Å². The molecule has 0 saturated heterocycles. The van der Waals surface area contributed by atoms with E-state index in [0.717, 1.165) is 12.1 Å². The largest absolute Gasteiger partial charge is 0.490 e. The number of nitrogens with zero attached hydrogens (tertiary/aromatic N) is 2. The van der Waals surface area contributed by atoms with E-state index in [9.17, 15) is 14.4 Å². The number of Topliss-reactive ketones (excluding diaryl/α,β-unsaturated/α-hetero) is 1. The van der Waals surface area contributed by atoms with Crippen molar-refractivity contribution >= 4 is 17.4 Å². The molecule has 0 fully saturated rings. The standard InChI is InChI=1S/C26H25ClFN3O3/c1-3-33-22-12-16(11-19(27)25(22)34-14-15-6-4-7-17(28)10-15)23-18(13-29)26(30)31(2)20-8-5-9-21(32)24(20)23/h4,6-7,10-12,23H,3,5,8-9,14,30H2,1-2H3/t23-/m1/s1. The molecule has 1 heterocycles. The fourth-order valence-corrected chi connectivity index (χ4v) is 4.81. The molecule has 0 amide bonds. The van der Waals surface area contributed by atoms with Gasteiger partial charge in [-0.2, -0.15) is 5.26 Å². The number of carbonyl (C=O) groups excluding carboxylic acids is 1. The average molecular weight is 482 g/mol. The fourth-order valence-electron chi connectivity index (χ4n) is 4.54. The first-order valence-corrected chi connectivity index (χ1v) is 11.5. The second-order valence-electron chi connectivity index (χ2n) is 8.22. The van der Waals surface area contributed by atoms with Gasteiger partial charge < -0.3 is 20.1 Å². The van der Waals surface area contributed by atoms with Crippen molar-refractivity contribution in [3.05, 3.63) is 81.0 Å². The number of rotatable bonds is 6. The summed E-state index contributed by atoms with van der Waals surface area (Å²) in [6.45, 7) is 2.27. The fraction of sp³-hybridized carbons (Fsp3) is 0.308. The third-order valence-electron chi connectivity index (χ3n) is 6.11. The predicted octanol–water partition coefficient (Wildman–Crippen LogP) is 5.19. The third-order valence-corrected chi connectivity index (χ3v) is 6.39. The van der Waals surface area contributed by atoms with Gasteiger partial charge >= 0.3 is 0 Å². The zero-order valence-electron chi connectivity index (χ0n) is 19.0. The Morgan fingerprint density at radius 1 is 1.26 bits per heavy atom. The van der Waals surface area contributed by atoms with Crippen molar-refractivity contribution in [3.63, 3.8) is 0 Å². The van der Waals surface area contributed by atoms with Gasteiger partial charge in [-0.15, -0.1) is 0 Å². The van der Waals surface area contributed by atoms with Gasteiger partial charge in [0.25, 0.3) is 0 Å². The molecule has 0 radical (unpaired) electrons. The van der Waals surface area contributed by atoms with Crippen LogP contribution in [0.2, 0.25) is 5.02 Å². The molecular weight excluding hydrogens is 457 g/mol. The van der Waals surface area contributed by atoms with Crippen molar-refractivity contribution in [3.8, 4) is 17.6 Å². The number of ether oxygens (including phenoxy) is 2. The van der Waals surface area contributed by atoms with Crippen molar-refractivity contribution in [2.45, 2.75) is 38.7 Å². The Hall–Kier alpha value is -3.50. The Bertz CT molecular complexity index is 1250. The molecule has 0 unspecified atom stereocenters. The Kier molecular flexibility index (Phi) is 6.80. The van der Waals surface area contributed by atoms with Crippen LogP contribution >= 0.6 is 11.6 Å². The first-order valence-electron chi connectivity index (χ1n) is 11.1. The van der Waals surface area contributed by atoms with E-state index in [1.54, 1.807) is 36.2 Å². The smallest absolute Gasteiger partial charge is 0.180 e. The molecule has 2 aromatic carbocycles. The van der Waals surface area contributed by atoms with Crippen LogP contribution in [0.5, 0.6) is 11.5 Å². The average Bonchev–Trinajstić information content (AvgIpc) is 2.81. The van der Waals surface area contributed by atoms with Crippen molar-refractivity contribution in [2.24, 2.45) is 5.73 Å². The number of benzene rings is 2. The van der Waals surface area contributed by atoms with Crippen molar-refractivity contribution in [1.29, 1.82) is 5.26 Å². The molecule has 176 valence electrons. The summed E-state index contributed by atoms with van der Waals surface area (Å²) in [6, 6.07) is 11.7. The number of halogens is 2. The minimum Gasteiger partial charge on any atom is -0.490 e. The number of hydrogen-bond donors (Lipinski definition) is 1. The molecule has 1 aliphatic carbocycles. The van der Waals surface area contributed by atoms with E-state index in [1.807, 2.05) is 6.92 Å². The van der Waals surface area contributed by atoms with E-state index >= 15 is 0 Å². The molecule has 2 aromatic rings. The summed E-state index contributed by atoms with van der Waals surface area (Å²) in [5.41, 5.74) is 9.29. The second-order valence-corrected chi connectivity index (χ2v) is 8.63. The van der Waals surface area contributed by atoms with Gasteiger partial charge in [0.1, 0.15) is 18.2 Å². The lowest BCUT2D eigenvalue weighted by Crippen LogP contribution is -2.36. The second kappa shape index (κ2) is 9.78. The van der Waals surface area contributed by atoms with Crippen LogP contribution in [0.3, 0.4) is 0 Å². The summed E-state index contributed by atoms with van der Waals surface area (Å²) in [4.78, 5) is 14.7. The van der Waals surface area contributed by atoms with Gasteiger partial charge in [-0.3, -0.25) is 4.79 Å². The van der Waals surface area contributed by atoms with Gasteiger partial charge in [-0.05, 0) is 55.2 Å². The van der Waals surface area contributed by atoms with Crippen molar-refractivity contribution in [2.75, 3.05) is 13.7 Å². The zero-order chi connectivity index (χ0) is 24.4. The first kappa shape index (κ1) is 23.7.